The van der Waals surface area contributed by atoms with Crippen LogP contribution in [-0.4, -0.2) is 53.4 Å². The molecule has 214 valence electrons. The molecule has 1 fully saturated rings. The number of benzene rings is 3. The summed E-state index contributed by atoms with van der Waals surface area (Å²) in [6, 6.07) is 25.4. The Balaban J connectivity index is 1.58. The monoisotopic (exact) mass is 562 g/mol. The maximum absolute atomic E-state index is 15.9. The number of H-pyrrole nitrogens is 1. The molecule has 3 aromatic carbocycles. The van der Waals surface area contributed by atoms with Crippen molar-refractivity contribution in [1.29, 1.82) is 0 Å². The summed E-state index contributed by atoms with van der Waals surface area (Å²) in [6.07, 6.45) is -3.16. The summed E-state index contributed by atoms with van der Waals surface area (Å²) < 4.78 is 40.3. The molecule has 1 aliphatic heterocycles. The number of methoxy groups -OCH3 is 2. The number of hydrogen-bond donors (Lipinski definition) is 2. The molecule has 2 N–H and O–H groups in total. The molecule has 0 saturated carbocycles. The molecule has 0 amide bonds. The van der Waals surface area contributed by atoms with Crippen LogP contribution in [-0.2, 0) is 15.1 Å². The average molecular weight is 563 g/mol. The lowest BCUT2D eigenvalue weighted by atomic mass is 9.80. The minimum atomic E-state index is -2.37. The molecule has 1 aliphatic rings. The molecule has 9 nitrogen and oxygen atoms in total. The van der Waals surface area contributed by atoms with Crippen molar-refractivity contribution >= 4 is 0 Å². The van der Waals surface area contributed by atoms with Gasteiger partial charge in [0.2, 0.25) is 0 Å². The van der Waals surface area contributed by atoms with Crippen LogP contribution in [0.5, 0.6) is 11.5 Å². The Hall–Kier alpha value is -4.25. The van der Waals surface area contributed by atoms with Crippen LogP contribution in [0.4, 0.5) is 4.39 Å². The minimum Gasteiger partial charge on any atom is -0.497 e. The van der Waals surface area contributed by atoms with E-state index in [9.17, 15) is 14.7 Å². The molecule has 0 aliphatic carbocycles. The van der Waals surface area contributed by atoms with Crippen molar-refractivity contribution in [2.24, 2.45) is 0 Å². The van der Waals surface area contributed by atoms with Gasteiger partial charge >= 0.3 is 5.69 Å². The standard InChI is InChI=1S/C31H31FN2O7/c1-30(32)27(36)25(41-28(30)34-18-17-26(35)33-29(34)37)19-40-31(20-7-5-4-6-8-20,21-9-13-23(38-2)14-10-21)22-11-15-24(39-3)16-12-22/h4-18,25,27-28,36H,19H2,1-3H3,(H,33,35,37)/t25-,27?,28-,30?/m1/s1. The van der Waals surface area contributed by atoms with Crippen LogP contribution < -0.4 is 20.7 Å². The number of aromatic amines is 1. The van der Waals surface area contributed by atoms with E-state index < -0.39 is 41.0 Å². The zero-order chi connectivity index (χ0) is 29.2. The van der Waals surface area contributed by atoms with E-state index >= 15 is 4.39 Å². The highest BCUT2D eigenvalue weighted by Gasteiger charge is 2.56. The number of aliphatic hydroxyl groups is 1. The third-order valence-corrected chi connectivity index (χ3v) is 7.46. The summed E-state index contributed by atoms with van der Waals surface area (Å²) >= 11 is 0. The van der Waals surface area contributed by atoms with Gasteiger partial charge in [-0.3, -0.25) is 14.3 Å². The number of halogens is 1. The Morgan fingerprint density at radius 3 is 1.95 bits per heavy atom. The van der Waals surface area contributed by atoms with Gasteiger partial charge in [-0.1, -0.05) is 54.6 Å². The summed E-state index contributed by atoms with van der Waals surface area (Å²) in [5, 5.41) is 11.0. The smallest absolute Gasteiger partial charge is 0.330 e. The fraction of sp³-hybridized carbons (Fsp3) is 0.290. The molecule has 4 atom stereocenters. The van der Waals surface area contributed by atoms with E-state index in [1.165, 1.54) is 0 Å². The molecule has 2 heterocycles. The Kier molecular flexibility index (Phi) is 7.81. The predicted octanol–water partition coefficient (Wildman–Crippen LogP) is 3.55. The second-order valence-corrected chi connectivity index (χ2v) is 9.96. The number of rotatable bonds is 9. The van der Waals surface area contributed by atoms with E-state index in [-0.39, 0.29) is 6.61 Å². The summed E-state index contributed by atoms with van der Waals surface area (Å²) in [6.45, 7) is 0.902. The highest BCUT2D eigenvalue weighted by molar-refractivity contribution is 5.49. The van der Waals surface area contributed by atoms with Crippen molar-refractivity contribution in [3.8, 4) is 11.5 Å². The molecule has 1 saturated heterocycles. The predicted molar refractivity (Wildman–Crippen MR) is 149 cm³/mol. The zero-order valence-electron chi connectivity index (χ0n) is 22.8. The van der Waals surface area contributed by atoms with Gasteiger partial charge in [-0.25, -0.2) is 9.18 Å². The second-order valence-electron chi connectivity index (χ2n) is 9.96. The van der Waals surface area contributed by atoms with Crippen LogP contribution in [0.3, 0.4) is 0 Å². The van der Waals surface area contributed by atoms with Gasteiger partial charge in [0.05, 0.1) is 20.8 Å². The van der Waals surface area contributed by atoms with E-state index in [1.807, 2.05) is 78.9 Å². The summed E-state index contributed by atoms with van der Waals surface area (Å²) in [4.78, 5) is 26.1. The second kappa shape index (κ2) is 11.3. The Morgan fingerprint density at radius 1 is 0.902 bits per heavy atom. The molecule has 5 rings (SSSR count). The van der Waals surface area contributed by atoms with Gasteiger partial charge in [-0.15, -0.1) is 0 Å². The first kappa shape index (κ1) is 28.3. The first-order chi connectivity index (χ1) is 19.7. The van der Waals surface area contributed by atoms with E-state index in [4.69, 9.17) is 18.9 Å². The van der Waals surface area contributed by atoms with Crippen LogP contribution in [0.1, 0.15) is 29.8 Å². The lowest BCUT2D eigenvalue weighted by molar-refractivity contribution is -0.0968. The maximum atomic E-state index is 15.9. The molecule has 0 bridgehead atoms. The highest BCUT2D eigenvalue weighted by Crippen LogP contribution is 2.45. The molecule has 4 aromatic rings. The largest absolute Gasteiger partial charge is 0.497 e. The summed E-state index contributed by atoms with van der Waals surface area (Å²) in [7, 11) is 3.16. The molecular weight excluding hydrogens is 531 g/mol. The molecule has 41 heavy (non-hydrogen) atoms. The third-order valence-electron chi connectivity index (χ3n) is 7.46. The molecule has 0 radical (unpaired) electrons. The van der Waals surface area contributed by atoms with Crippen molar-refractivity contribution in [2.45, 2.75) is 36.6 Å². The van der Waals surface area contributed by atoms with Crippen molar-refractivity contribution in [1.82, 2.24) is 9.55 Å². The SMILES string of the molecule is COc1ccc(C(OC[C@H]2O[C@@H](n3ccc(=O)[nH]c3=O)C(C)(F)C2O)(c2ccccc2)c2ccc(OC)cc2)cc1. The minimum absolute atomic E-state index is 0.248. The Bertz CT molecular complexity index is 1540. The van der Waals surface area contributed by atoms with Crippen LogP contribution in [0.2, 0.25) is 0 Å². The number of hydrogen-bond acceptors (Lipinski definition) is 7. The molecule has 1 aromatic heterocycles. The Labute approximate surface area is 235 Å². The summed E-state index contributed by atoms with van der Waals surface area (Å²) in [5.41, 5.74) is -2.79. The normalized spacial score (nSPS) is 22.4. The van der Waals surface area contributed by atoms with Gasteiger partial charge < -0.3 is 24.1 Å². The lowest BCUT2D eigenvalue weighted by Crippen LogP contribution is -2.44. The van der Waals surface area contributed by atoms with Crippen LogP contribution >= 0.6 is 0 Å². The molecular formula is C31H31FN2O7. The number of nitrogens with zero attached hydrogens (tertiary/aromatic N) is 1. The molecule has 10 heteroatoms. The molecule has 2 unspecified atom stereocenters. The van der Waals surface area contributed by atoms with Gasteiger partial charge in [-0.2, -0.15) is 0 Å². The fourth-order valence-corrected chi connectivity index (χ4v) is 5.24. The fourth-order valence-electron chi connectivity index (χ4n) is 5.24. The highest BCUT2D eigenvalue weighted by atomic mass is 19.1. The number of nitrogens with one attached hydrogen (secondary N) is 1. The van der Waals surface area contributed by atoms with E-state index in [0.717, 1.165) is 40.4 Å². The zero-order valence-corrected chi connectivity index (χ0v) is 22.8. The third kappa shape index (κ3) is 5.17. The number of aliphatic hydroxyl groups excluding tert-OH is 1. The van der Waals surface area contributed by atoms with Crippen LogP contribution in [0.25, 0.3) is 0 Å². The van der Waals surface area contributed by atoms with E-state index in [0.29, 0.717) is 11.5 Å². The first-order valence-corrected chi connectivity index (χ1v) is 13.0. The van der Waals surface area contributed by atoms with Gasteiger partial charge in [-0.05, 0) is 47.9 Å². The van der Waals surface area contributed by atoms with Gasteiger partial charge in [0.1, 0.15) is 29.3 Å². The van der Waals surface area contributed by atoms with Crippen LogP contribution in [0, 0.1) is 0 Å². The van der Waals surface area contributed by atoms with Crippen LogP contribution in [0.15, 0.2) is 101 Å². The van der Waals surface area contributed by atoms with Crippen molar-refractivity contribution in [2.75, 3.05) is 20.8 Å². The quantitative estimate of drug-likeness (QED) is 0.300. The van der Waals surface area contributed by atoms with Gasteiger partial charge in [0.15, 0.2) is 11.9 Å². The van der Waals surface area contributed by atoms with Crippen molar-refractivity contribution in [3.63, 3.8) is 0 Å². The lowest BCUT2D eigenvalue weighted by Gasteiger charge is -2.37. The number of aromatic nitrogens is 2. The van der Waals surface area contributed by atoms with Gasteiger partial charge in [0.25, 0.3) is 5.56 Å². The van der Waals surface area contributed by atoms with E-state index in [1.54, 1.807) is 14.2 Å². The maximum Gasteiger partial charge on any atom is 0.330 e. The average Bonchev–Trinajstić information content (AvgIpc) is 3.22. The Morgan fingerprint density at radius 2 is 1.44 bits per heavy atom. The number of alkyl halides is 1. The van der Waals surface area contributed by atoms with E-state index in [2.05, 4.69) is 4.98 Å². The van der Waals surface area contributed by atoms with Crippen molar-refractivity contribution < 1.29 is 28.4 Å². The topological polar surface area (TPSA) is 112 Å². The molecule has 0 spiro atoms. The summed E-state index contributed by atoms with van der Waals surface area (Å²) in [5.74, 6) is 1.31. The van der Waals surface area contributed by atoms with Gasteiger partial charge in [0, 0.05) is 12.3 Å². The first-order valence-electron chi connectivity index (χ1n) is 13.0. The number of ether oxygens (including phenoxy) is 4. The van der Waals surface area contributed by atoms with Crippen molar-refractivity contribution in [3.05, 3.63) is 129 Å².